The molecule has 0 saturated carbocycles. The quantitative estimate of drug-likeness (QED) is 0.741. The first-order valence-electron chi connectivity index (χ1n) is 7.78. The molecule has 3 N–H and O–H groups in total. The van der Waals surface area contributed by atoms with Gasteiger partial charge in [-0.05, 0) is 17.4 Å². The highest BCUT2D eigenvalue weighted by Crippen LogP contribution is 2.22. The van der Waals surface area contributed by atoms with Crippen LogP contribution >= 0.6 is 0 Å². The Balaban J connectivity index is 1.99. The van der Waals surface area contributed by atoms with E-state index >= 15 is 0 Å². The molecule has 0 aliphatic carbocycles. The summed E-state index contributed by atoms with van der Waals surface area (Å²) in [7, 11) is 0. The third-order valence-corrected chi connectivity index (χ3v) is 4.02. The average Bonchev–Trinajstić information content (AvgIpc) is 2.58. The molecule has 0 aliphatic heterocycles. The Morgan fingerprint density at radius 1 is 1.09 bits per heavy atom. The van der Waals surface area contributed by atoms with Crippen molar-refractivity contribution in [1.82, 2.24) is 5.32 Å². The monoisotopic (exact) mass is 314 g/mol. The second-order valence-electron chi connectivity index (χ2n) is 5.64. The fraction of sp³-hybridized carbons (Fsp3) is 0.333. The van der Waals surface area contributed by atoms with Gasteiger partial charge in [-0.15, -0.1) is 0 Å². The van der Waals surface area contributed by atoms with Crippen molar-refractivity contribution in [1.29, 1.82) is 0 Å². The predicted molar refractivity (Wildman–Crippen MR) is 91.0 cm³/mol. The molecule has 5 heteroatoms. The van der Waals surface area contributed by atoms with Crippen LogP contribution in [0.2, 0.25) is 0 Å². The zero-order valence-electron chi connectivity index (χ0n) is 13.4. The number of fused-ring (bicyclic) bond motifs is 1. The van der Waals surface area contributed by atoms with Crippen molar-refractivity contribution in [2.45, 2.75) is 26.4 Å². The number of rotatable bonds is 5. The summed E-state index contributed by atoms with van der Waals surface area (Å²) in [5, 5.41) is 16.8. The molecule has 0 heterocycles. The summed E-state index contributed by atoms with van der Waals surface area (Å²) in [5.74, 6) is -1.42. The van der Waals surface area contributed by atoms with Gasteiger partial charge in [0.05, 0.1) is 6.10 Å². The van der Waals surface area contributed by atoms with Crippen LogP contribution in [0.25, 0.3) is 10.8 Å². The lowest BCUT2D eigenvalue weighted by molar-refractivity contribution is -0.136. The van der Waals surface area contributed by atoms with Crippen molar-refractivity contribution < 1.29 is 14.7 Å². The maximum Gasteiger partial charge on any atom is 0.313 e. The minimum Gasteiger partial charge on any atom is -0.391 e. The van der Waals surface area contributed by atoms with Crippen LogP contribution in [0.3, 0.4) is 0 Å². The number of aliphatic hydroxyl groups is 1. The molecule has 2 unspecified atom stereocenters. The summed E-state index contributed by atoms with van der Waals surface area (Å²) in [6.45, 7) is 3.92. The first-order chi connectivity index (χ1) is 11.0. The minimum atomic E-state index is -0.750. The Labute approximate surface area is 135 Å². The molecule has 0 aliphatic rings. The fourth-order valence-corrected chi connectivity index (χ4v) is 2.26. The second kappa shape index (κ2) is 7.74. The van der Waals surface area contributed by atoms with Crippen LogP contribution in [0.4, 0.5) is 5.69 Å². The number of nitrogens with one attached hydrogen (secondary N) is 2. The summed E-state index contributed by atoms with van der Waals surface area (Å²) < 4.78 is 0. The van der Waals surface area contributed by atoms with E-state index in [0.29, 0.717) is 5.69 Å². The normalized spacial score (nSPS) is 13.3. The van der Waals surface area contributed by atoms with E-state index in [1.165, 1.54) is 0 Å². The number of hydrogen-bond donors (Lipinski definition) is 3. The van der Waals surface area contributed by atoms with Gasteiger partial charge >= 0.3 is 11.8 Å². The van der Waals surface area contributed by atoms with Crippen LogP contribution in [0.15, 0.2) is 42.5 Å². The Bertz CT molecular complexity index is 694. The summed E-state index contributed by atoms with van der Waals surface area (Å²) in [6.07, 6.45) is 0.147. The zero-order chi connectivity index (χ0) is 16.8. The second-order valence-corrected chi connectivity index (χ2v) is 5.64. The van der Waals surface area contributed by atoms with E-state index in [9.17, 15) is 14.7 Å². The molecule has 2 aromatic rings. The zero-order valence-corrected chi connectivity index (χ0v) is 13.4. The molecule has 2 amide bonds. The van der Waals surface area contributed by atoms with Gasteiger partial charge in [-0.25, -0.2) is 0 Å². The molecule has 2 rings (SSSR count). The molecule has 0 bridgehead atoms. The number of aliphatic hydroxyl groups excluding tert-OH is 1. The van der Waals surface area contributed by atoms with Gasteiger partial charge in [0.15, 0.2) is 0 Å². The van der Waals surface area contributed by atoms with Crippen molar-refractivity contribution in [3.63, 3.8) is 0 Å². The van der Waals surface area contributed by atoms with Gasteiger partial charge in [0.1, 0.15) is 0 Å². The van der Waals surface area contributed by atoms with Gasteiger partial charge < -0.3 is 15.7 Å². The summed E-state index contributed by atoms with van der Waals surface area (Å²) in [4.78, 5) is 23.9. The summed E-state index contributed by atoms with van der Waals surface area (Å²) >= 11 is 0. The smallest absolute Gasteiger partial charge is 0.313 e. The summed E-state index contributed by atoms with van der Waals surface area (Å²) in [6, 6.07) is 13.1. The molecule has 5 nitrogen and oxygen atoms in total. The summed E-state index contributed by atoms with van der Waals surface area (Å²) in [5.41, 5.74) is 0.589. The van der Waals surface area contributed by atoms with E-state index in [1.54, 1.807) is 6.07 Å². The standard InChI is InChI=1S/C18H22N2O3/c1-3-12(2)16(21)11-19-17(22)18(23)20-15-10-6-8-13-7-4-5-9-14(13)15/h4-10,12,16,21H,3,11H2,1-2H3,(H,19,22)(H,20,23). The number of amides is 2. The van der Waals surface area contributed by atoms with Crippen molar-refractivity contribution >= 4 is 28.3 Å². The van der Waals surface area contributed by atoms with Crippen molar-refractivity contribution in [2.24, 2.45) is 5.92 Å². The van der Waals surface area contributed by atoms with Gasteiger partial charge in [-0.1, -0.05) is 56.7 Å². The highest BCUT2D eigenvalue weighted by Gasteiger charge is 2.18. The molecule has 0 spiro atoms. The lowest BCUT2D eigenvalue weighted by atomic mass is 10.0. The van der Waals surface area contributed by atoms with Crippen LogP contribution in [0, 0.1) is 5.92 Å². The Hall–Kier alpha value is -2.40. The molecular weight excluding hydrogens is 292 g/mol. The number of carbonyl (C=O) groups is 2. The molecular formula is C18H22N2O3. The highest BCUT2D eigenvalue weighted by atomic mass is 16.3. The van der Waals surface area contributed by atoms with Crippen LogP contribution in [-0.4, -0.2) is 29.6 Å². The first-order valence-corrected chi connectivity index (χ1v) is 7.78. The van der Waals surface area contributed by atoms with E-state index < -0.39 is 17.9 Å². The Kier molecular flexibility index (Phi) is 5.71. The van der Waals surface area contributed by atoms with Gasteiger partial charge in [-0.2, -0.15) is 0 Å². The fourth-order valence-electron chi connectivity index (χ4n) is 2.26. The number of benzene rings is 2. The molecule has 2 aromatic carbocycles. The van der Waals surface area contributed by atoms with Gasteiger partial charge in [0, 0.05) is 17.6 Å². The SMILES string of the molecule is CCC(C)C(O)CNC(=O)C(=O)Nc1cccc2ccccc12. The van der Waals surface area contributed by atoms with Crippen LogP contribution in [0.5, 0.6) is 0 Å². The maximum atomic E-state index is 12.0. The maximum absolute atomic E-state index is 12.0. The van der Waals surface area contributed by atoms with Gasteiger partial charge in [0.2, 0.25) is 0 Å². The van der Waals surface area contributed by atoms with E-state index in [1.807, 2.05) is 50.2 Å². The molecule has 2 atom stereocenters. The Morgan fingerprint density at radius 3 is 2.52 bits per heavy atom. The van der Waals surface area contributed by atoms with E-state index in [4.69, 9.17) is 0 Å². The number of carbonyl (C=O) groups excluding carboxylic acids is 2. The highest BCUT2D eigenvalue weighted by molar-refractivity contribution is 6.40. The molecule has 122 valence electrons. The van der Waals surface area contributed by atoms with E-state index in [-0.39, 0.29) is 12.5 Å². The third-order valence-electron chi connectivity index (χ3n) is 4.02. The first kappa shape index (κ1) is 17.0. The van der Waals surface area contributed by atoms with Crippen molar-refractivity contribution in [2.75, 3.05) is 11.9 Å². The molecule has 0 fully saturated rings. The van der Waals surface area contributed by atoms with E-state index in [0.717, 1.165) is 17.2 Å². The topological polar surface area (TPSA) is 78.4 Å². The predicted octanol–water partition coefficient (Wildman–Crippen LogP) is 2.30. The molecule has 0 radical (unpaired) electrons. The minimum absolute atomic E-state index is 0.0661. The molecule has 0 aromatic heterocycles. The van der Waals surface area contributed by atoms with Crippen molar-refractivity contribution in [3.8, 4) is 0 Å². The third kappa shape index (κ3) is 4.29. The number of anilines is 1. The van der Waals surface area contributed by atoms with Crippen LogP contribution in [0.1, 0.15) is 20.3 Å². The van der Waals surface area contributed by atoms with Gasteiger partial charge in [-0.3, -0.25) is 9.59 Å². The molecule has 0 saturated heterocycles. The van der Waals surface area contributed by atoms with Crippen LogP contribution in [-0.2, 0) is 9.59 Å². The van der Waals surface area contributed by atoms with Crippen molar-refractivity contribution in [3.05, 3.63) is 42.5 Å². The number of hydrogen-bond acceptors (Lipinski definition) is 3. The molecule has 23 heavy (non-hydrogen) atoms. The Morgan fingerprint density at radius 2 is 1.78 bits per heavy atom. The van der Waals surface area contributed by atoms with Gasteiger partial charge in [0.25, 0.3) is 0 Å². The lowest BCUT2D eigenvalue weighted by Gasteiger charge is -2.17. The van der Waals surface area contributed by atoms with E-state index in [2.05, 4.69) is 10.6 Å². The lowest BCUT2D eigenvalue weighted by Crippen LogP contribution is -2.41. The average molecular weight is 314 g/mol. The largest absolute Gasteiger partial charge is 0.391 e. The van der Waals surface area contributed by atoms with Crippen LogP contribution < -0.4 is 10.6 Å².